The van der Waals surface area contributed by atoms with Crippen molar-refractivity contribution in [3.05, 3.63) is 24.0 Å². The van der Waals surface area contributed by atoms with Gasteiger partial charge in [-0.2, -0.15) is 5.26 Å². The van der Waals surface area contributed by atoms with Crippen LogP contribution in [0.15, 0.2) is 23.2 Å². The minimum Gasteiger partial charge on any atom is -0.244 e. The van der Waals surface area contributed by atoms with Gasteiger partial charge in [0.15, 0.2) is 5.69 Å². The van der Waals surface area contributed by atoms with Crippen molar-refractivity contribution < 1.29 is 8.42 Å². The highest BCUT2D eigenvalue weighted by Crippen LogP contribution is 2.11. The van der Waals surface area contributed by atoms with Gasteiger partial charge in [-0.3, -0.25) is 0 Å². The van der Waals surface area contributed by atoms with E-state index in [1.54, 1.807) is 6.07 Å². The van der Waals surface area contributed by atoms with Gasteiger partial charge >= 0.3 is 0 Å². The molecule has 82 valence electrons. The fraction of sp³-hybridized carbons (Fsp3) is 0.200. The lowest BCUT2D eigenvalue weighted by Crippen LogP contribution is -2.25. The smallest absolute Gasteiger partial charge is 0.243 e. The average Bonchev–Trinajstić information content (AvgIpc) is 2.29. The van der Waals surface area contributed by atoms with E-state index in [9.17, 15) is 8.42 Å². The molecule has 1 heterocycles. The van der Waals surface area contributed by atoms with Gasteiger partial charge in [-0.05, 0) is 12.1 Å². The fourth-order valence-corrected chi connectivity index (χ4v) is 2.16. The normalized spacial score (nSPS) is 10.4. The Kier molecular flexibility index (Phi) is 4.01. The molecule has 0 aliphatic carbocycles. The number of nitrogens with one attached hydrogen (secondary N) is 1. The molecule has 0 bridgehead atoms. The first-order valence-corrected chi connectivity index (χ1v) is 5.88. The van der Waals surface area contributed by atoms with Crippen LogP contribution in [0.5, 0.6) is 0 Å². The van der Waals surface area contributed by atoms with E-state index in [0.717, 1.165) is 0 Å². The third kappa shape index (κ3) is 2.80. The number of pyridine rings is 1. The molecule has 0 amide bonds. The number of nitrogens with zero attached hydrogens (tertiary/aromatic N) is 2. The van der Waals surface area contributed by atoms with Gasteiger partial charge in [0, 0.05) is 19.2 Å². The zero-order valence-electron chi connectivity index (χ0n) is 8.34. The van der Waals surface area contributed by atoms with Gasteiger partial charge < -0.3 is 0 Å². The summed E-state index contributed by atoms with van der Waals surface area (Å²) in [6.07, 6.45) is 6.66. The first-order chi connectivity index (χ1) is 7.61. The van der Waals surface area contributed by atoms with Crippen LogP contribution in [0.1, 0.15) is 12.1 Å². The maximum absolute atomic E-state index is 11.7. The van der Waals surface area contributed by atoms with E-state index < -0.39 is 10.0 Å². The van der Waals surface area contributed by atoms with Crippen LogP contribution in [-0.4, -0.2) is 19.9 Å². The molecule has 0 unspecified atom stereocenters. The Morgan fingerprint density at radius 1 is 1.56 bits per heavy atom. The summed E-state index contributed by atoms with van der Waals surface area (Å²) in [5, 5.41) is 8.72. The summed E-state index contributed by atoms with van der Waals surface area (Å²) in [6, 6.07) is 4.50. The van der Waals surface area contributed by atoms with Crippen molar-refractivity contribution in [3.8, 4) is 18.4 Å². The summed E-state index contributed by atoms with van der Waals surface area (Å²) in [7, 11) is -3.71. The van der Waals surface area contributed by atoms with Crippen LogP contribution in [0, 0.1) is 23.7 Å². The van der Waals surface area contributed by atoms with Crippen LogP contribution >= 0.6 is 0 Å². The Morgan fingerprint density at radius 3 is 2.94 bits per heavy atom. The summed E-state index contributed by atoms with van der Waals surface area (Å²) in [5.41, 5.74) is -0.129. The predicted molar refractivity (Wildman–Crippen MR) is 57.6 cm³/mol. The molecule has 1 rings (SSSR count). The van der Waals surface area contributed by atoms with Crippen molar-refractivity contribution in [1.29, 1.82) is 5.26 Å². The maximum Gasteiger partial charge on any atom is 0.243 e. The molecular weight excluding hydrogens is 226 g/mol. The van der Waals surface area contributed by atoms with Crippen LogP contribution in [0.4, 0.5) is 0 Å². The number of terminal acetylenes is 1. The first kappa shape index (κ1) is 12.2. The van der Waals surface area contributed by atoms with Gasteiger partial charge in [0.1, 0.15) is 11.0 Å². The second kappa shape index (κ2) is 5.26. The van der Waals surface area contributed by atoms with Gasteiger partial charge in [-0.25, -0.2) is 18.1 Å². The molecule has 0 radical (unpaired) electrons. The molecule has 0 spiro atoms. The van der Waals surface area contributed by atoms with Crippen molar-refractivity contribution in [2.45, 2.75) is 11.3 Å². The van der Waals surface area contributed by atoms with Crippen LogP contribution in [-0.2, 0) is 10.0 Å². The first-order valence-electron chi connectivity index (χ1n) is 4.40. The molecule has 1 aromatic heterocycles. The summed E-state index contributed by atoms with van der Waals surface area (Å²) < 4.78 is 25.7. The summed E-state index contributed by atoms with van der Waals surface area (Å²) in [6.45, 7) is 0.137. The largest absolute Gasteiger partial charge is 0.244 e. The number of aromatic nitrogens is 1. The highest BCUT2D eigenvalue weighted by atomic mass is 32.2. The fourth-order valence-electron chi connectivity index (χ4n) is 1.03. The monoisotopic (exact) mass is 235 g/mol. The van der Waals surface area contributed by atoms with Crippen LogP contribution in [0.25, 0.3) is 0 Å². The Bertz CT molecular complexity index is 552. The molecule has 1 aromatic rings. The molecular formula is C10H9N3O2S. The van der Waals surface area contributed by atoms with E-state index >= 15 is 0 Å². The Morgan fingerprint density at radius 2 is 2.31 bits per heavy atom. The molecule has 0 saturated heterocycles. The van der Waals surface area contributed by atoms with Crippen molar-refractivity contribution >= 4 is 10.0 Å². The molecule has 0 aromatic carbocycles. The summed E-state index contributed by atoms with van der Waals surface area (Å²) in [5.74, 6) is 2.31. The molecule has 0 atom stereocenters. The van der Waals surface area contributed by atoms with Gasteiger partial charge in [-0.1, -0.05) is 0 Å². The highest BCUT2D eigenvalue weighted by Gasteiger charge is 2.18. The zero-order valence-corrected chi connectivity index (χ0v) is 9.16. The minimum absolute atomic E-state index is 0.129. The highest BCUT2D eigenvalue weighted by molar-refractivity contribution is 7.89. The molecule has 0 aliphatic heterocycles. The average molecular weight is 235 g/mol. The lowest BCUT2D eigenvalue weighted by atomic mass is 10.4. The van der Waals surface area contributed by atoms with E-state index in [4.69, 9.17) is 11.7 Å². The lowest BCUT2D eigenvalue weighted by molar-refractivity contribution is 0.581. The van der Waals surface area contributed by atoms with Crippen LogP contribution in [0.2, 0.25) is 0 Å². The van der Waals surface area contributed by atoms with E-state index in [-0.39, 0.29) is 17.1 Å². The van der Waals surface area contributed by atoms with Crippen molar-refractivity contribution in [3.63, 3.8) is 0 Å². The molecule has 16 heavy (non-hydrogen) atoms. The molecule has 0 saturated carbocycles. The van der Waals surface area contributed by atoms with Gasteiger partial charge in [0.2, 0.25) is 10.0 Å². The number of hydrogen-bond donors (Lipinski definition) is 1. The SMILES string of the molecule is C#CCCNS(=O)(=O)c1cccnc1C#N. The Balaban J connectivity index is 3.00. The Labute approximate surface area is 94.2 Å². The number of hydrogen-bond acceptors (Lipinski definition) is 4. The second-order valence-electron chi connectivity index (χ2n) is 2.81. The molecule has 6 heteroatoms. The third-order valence-corrected chi connectivity index (χ3v) is 3.22. The topological polar surface area (TPSA) is 82.8 Å². The van der Waals surface area contributed by atoms with Crippen molar-refractivity contribution in [1.82, 2.24) is 9.71 Å². The van der Waals surface area contributed by atoms with Crippen molar-refractivity contribution in [2.24, 2.45) is 0 Å². The van der Waals surface area contributed by atoms with E-state index in [1.807, 2.05) is 0 Å². The number of nitriles is 1. The molecule has 1 N–H and O–H groups in total. The number of rotatable bonds is 4. The zero-order chi connectivity index (χ0) is 12.0. The van der Waals surface area contributed by atoms with Crippen molar-refractivity contribution in [2.75, 3.05) is 6.54 Å². The summed E-state index contributed by atoms with van der Waals surface area (Å²) in [4.78, 5) is 3.54. The quantitative estimate of drug-likeness (QED) is 0.599. The van der Waals surface area contributed by atoms with E-state index in [0.29, 0.717) is 6.42 Å². The maximum atomic E-state index is 11.7. The Hall–Kier alpha value is -1.89. The minimum atomic E-state index is -3.71. The summed E-state index contributed by atoms with van der Waals surface area (Å²) >= 11 is 0. The lowest BCUT2D eigenvalue weighted by Gasteiger charge is -2.05. The van der Waals surface area contributed by atoms with Gasteiger partial charge in [0.25, 0.3) is 0 Å². The van der Waals surface area contributed by atoms with Gasteiger partial charge in [-0.15, -0.1) is 12.3 Å². The second-order valence-corrected chi connectivity index (χ2v) is 4.55. The number of sulfonamides is 1. The molecule has 0 aliphatic rings. The van der Waals surface area contributed by atoms with Gasteiger partial charge in [0.05, 0.1) is 0 Å². The molecule has 0 fully saturated rings. The third-order valence-electron chi connectivity index (χ3n) is 1.73. The van der Waals surface area contributed by atoms with Crippen LogP contribution < -0.4 is 4.72 Å². The predicted octanol–water partition coefficient (Wildman–Crippen LogP) is 0.255. The van der Waals surface area contributed by atoms with E-state index in [2.05, 4.69) is 15.6 Å². The van der Waals surface area contributed by atoms with E-state index in [1.165, 1.54) is 18.3 Å². The molecule has 5 nitrogen and oxygen atoms in total. The van der Waals surface area contributed by atoms with Crippen LogP contribution in [0.3, 0.4) is 0 Å². The standard InChI is InChI=1S/C10H9N3O2S/c1-2-3-7-13-16(14,15)10-5-4-6-12-9(10)8-11/h1,4-6,13H,3,7H2.